The number of carboxylic acids is 1. The van der Waals surface area contributed by atoms with Crippen LogP contribution >= 0.6 is 0 Å². The lowest BCUT2D eigenvalue weighted by molar-refractivity contribution is -0.138. The first-order chi connectivity index (χ1) is 12.4. The number of nitrogens with one attached hydrogen (secondary N) is 1. The van der Waals surface area contributed by atoms with Crippen molar-refractivity contribution >= 4 is 11.9 Å². The van der Waals surface area contributed by atoms with Gasteiger partial charge in [-0.15, -0.1) is 0 Å². The molecule has 5 heteroatoms. The Bertz CT molecular complexity index is 781. The lowest BCUT2D eigenvalue weighted by Gasteiger charge is -2.14. The SMILES string of the molecule is Cc1ccc(C)c(Oc2ccc(CCNC(=O)CCC(=O)O)cc2)c1C. The Hall–Kier alpha value is -2.82. The molecule has 2 rings (SSSR count). The largest absolute Gasteiger partial charge is 0.481 e. The number of hydrogen-bond acceptors (Lipinski definition) is 3. The Balaban J connectivity index is 1.88. The third-order valence-electron chi connectivity index (χ3n) is 4.32. The molecule has 0 radical (unpaired) electrons. The van der Waals surface area contributed by atoms with Crippen LogP contribution in [-0.4, -0.2) is 23.5 Å². The highest BCUT2D eigenvalue weighted by molar-refractivity contribution is 5.80. The third-order valence-corrected chi connectivity index (χ3v) is 4.32. The first-order valence-electron chi connectivity index (χ1n) is 8.69. The molecule has 0 bridgehead atoms. The van der Waals surface area contributed by atoms with E-state index in [0.717, 1.165) is 28.2 Å². The van der Waals surface area contributed by atoms with Crippen molar-refractivity contribution in [3.05, 3.63) is 58.7 Å². The minimum Gasteiger partial charge on any atom is -0.481 e. The molecule has 26 heavy (non-hydrogen) atoms. The van der Waals surface area contributed by atoms with Crippen LogP contribution in [0.15, 0.2) is 36.4 Å². The second kappa shape index (κ2) is 9.04. The van der Waals surface area contributed by atoms with Crippen molar-refractivity contribution in [2.75, 3.05) is 6.54 Å². The van der Waals surface area contributed by atoms with Gasteiger partial charge in [-0.05, 0) is 61.6 Å². The van der Waals surface area contributed by atoms with E-state index in [1.807, 2.05) is 31.2 Å². The number of hydrogen-bond donors (Lipinski definition) is 2. The van der Waals surface area contributed by atoms with Crippen LogP contribution < -0.4 is 10.1 Å². The molecule has 2 N–H and O–H groups in total. The summed E-state index contributed by atoms with van der Waals surface area (Å²) in [5.74, 6) is 0.465. The van der Waals surface area contributed by atoms with Crippen molar-refractivity contribution < 1.29 is 19.4 Å². The number of ether oxygens (including phenoxy) is 1. The third kappa shape index (κ3) is 5.62. The Morgan fingerprint density at radius 2 is 1.62 bits per heavy atom. The van der Waals surface area contributed by atoms with Gasteiger partial charge in [0, 0.05) is 13.0 Å². The van der Waals surface area contributed by atoms with E-state index in [2.05, 4.69) is 31.3 Å². The summed E-state index contributed by atoms with van der Waals surface area (Å²) < 4.78 is 6.05. The van der Waals surface area contributed by atoms with Gasteiger partial charge in [-0.1, -0.05) is 24.3 Å². The van der Waals surface area contributed by atoms with Gasteiger partial charge < -0.3 is 15.2 Å². The normalized spacial score (nSPS) is 10.4. The zero-order valence-electron chi connectivity index (χ0n) is 15.5. The first-order valence-corrected chi connectivity index (χ1v) is 8.69. The number of amides is 1. The van der Waals surface area contributed by atoms with E-state index in [9.17, 15) is 9.59 Å². The topological polar surface area (TPSA) is 75.6 Å². The highest BCUT2D eigenvalue weighted by Crippen LogP contribution is 2.30. The molecule has 0 atom stereocenters. The zero-order valence-corrected chi connectivity index (χ0v) is 15.5. The molecular weight excluding hydrogens is 330 g/mol. The van der Waals surface area contributed by atoms with Gasteiger partial charge in [0.1, 0.15) is 11.5 Å². The van der Waals surface area contributed by atoms with Crippen molar-refractivity contribution in [3.8, 4) is 11.5 Å². The first kappa shape index (κ1) is 19.5. The summed E-state index contributed by atoms with van der Waals surface area (Å²) in [4.78, 5) is 21.9. The molecule has 1 amide bonds. The average Bonchev–Trinajstić information content (AvgIpc) is 2.61. The maximum absolute atomic E-state index is 11.5. The average molecular weight is 355 g/mol. The van der Waals surface area contributed by atoms with E-state index in [4.69, 9.17) is 9.84 Å². The van der Waals surface area contributed by atoms with Crippen LogP contribution in [0, 0.1) is 20.8 Å². The van der Waals surface area contributed by atoms with Crippen LogP contribution in [0.5, 0.6) is 11.5 Å². The van der Waals surface area contributed by atoms with E-state index in [-0.39, 0.29) is 18.7 Å². The minimum atomic E-state index is -0.963. The van der Waals surface area contributed by atoms with Crippen LogP contribution in [-0.2, 0) is 16.0 Å². The summed E-state index contributed by atoms with van der Waals surface area (Å²) in [6.45, 7) is 6.63. The zero-order chi connectivity index (χ0) is 19.1. The molecule has 138 valence electrons. The van der Waals surface area contributed by atoms with Gasteiger partial charge in [-0.2, -0.15) is 0 Å². The fourth-order valence-electron chi connectivity index (χ4n) is 2.58. The molecule has 5 nitrogen and oxygen atoms in total. The minimum absolute atomic E-state index is 0.0112. The van der Waals surface area contributed by atoms with Gasteiger partial charge in [0.05, 0.1) is 6.42 Å². The molecule has 0 aliphatic carbocycles. The fraction of sp³-hybridized carbons (Fsp3) is 0.333. The van der Waals surface area contributed by atoms with E-state index < -0.39 is 5.97 Å². The van der Waals surface area contributed by atoms with E-state index in [0.29, 0.717) is 13.0 Å². The number of aryl methyl sites for hydroxylation is 2. The second-order valence-corrected chi connectivity index (χ2v) is 6.39. The molecule has 0 aromatic heterocycles. The van der Waals surface area contributed by atoms with Gasteiger partial charge in [0.15, 0.2) is 0 Å². The lowest BCUT2D eigenvalue weighted by Crippen LogP contribution is -2.25. The summed E-state index contributed by atoms with van der Waals surface area (Å²) in [5, 5.41) is 11.3. The number of carboxylic acid groups (broad SMARTS) is 1. The van der Waals surface area contributed by atoms with Crippen LogP contribution in [0.3, 0.4) is 0 Å². The monoisotopic (exact) mass is 355 g/mol. The maximum atomic E-state index is 11.5. The van der Waals surface area contributed by atoms with Crippen molar-refractivity contribution in [1.82, 2.24) is 5.32 Å². The molecule has 2 aromatic rings. The van der Waals surface area contributed by atoms with Gasteiger partial charge in [0.25, 0.3) is 0 Å². The summed E-state index contributed by atoms with van der Waals surface area (Å²) in [6.07, 6.45) is 0.550. The highest BCUT2D eigenvalue weighted by Gasteiger charge is 2.08. The number of rotatable bonds is 8. The van der Waals surface area contributed by atoms with Gasteiger partial charge in [0.2, 0.25) is 5.91 Å². The van der Waals surface area contributed by atoms with Crippen molar-refractivity contribution in [3.63, 3.8) is 0 Å². The summed E-state index contributed by atoms with van der Waals surface area (Å²) in [6, 6.07) is 11.9. The van der Waals surface area contributed by atoms with Crippen molar-refractivity contribution in [2.45, 2.75) is 40.0 Å². The Kier molecular flexibility index (Phi) is 6.78. The van der Waals surface area contributed by atoms with Crippen molar-refractivity contribution in [2.24, 2.45) is 0 Å². The Morgan fingerprint density at radius 3 is 2.27 bits per heavy atom. The summed E-state index contributed by atoms with van der Waals surface area (Å²) in [7, 11) is 0. The number of benzene rings is 2. The molecule has 0 spiro atoms. The molecule has 0 unspecified atom stereocenters. The number of carbonyl (C=O) groups excluding carboxylic acids is 1. The van der Waals surface area contributed by atoms with Gasteiger partial charge in [-0.25, -0.2) is 0 Å². The predicted molar refractivity (Wildman–Crippen MR) is 101 cm³/mol. The summed E-state index contributed by atoms with van der Waals surface area (Å²) in [5.41, 5.74) is 4.51. The molecule has 0 aliphatic rings. The van der Waals surface area contributed by atoms with Crippen molar-refractivity contribution in [1.29, 1.82) is 0 Å². The van der Waals surface area contributed by atoms with E-state index in [1.165, 1.54) is 5.56 Å². The smallest absolute Gasteiger partial charge is 0.303 e. The van der Waals surface area contributed by atoms with E-state index in [1.54, 1.807) is 0 Å². The van der Waals surface area contributed by atoms with Gasteiger partial charge in [-0.3, -0.25) is 9.59 Å². The molecule has 2 aromatic carbocycles. The quantitative estimate of drug-likeness (QED) is 0.752. The Morgan fingerprint density at radius 1 is 0.962 bits per heavy atom. The fourth-order valence-corrected chi connectivity index (χ4v) is 2.58. The number of aliphatic carboxylic acids is 1. The van der Waals surface area contributed by atoms with Crippen LogP contribution in [0.2, 0.25) is 0 Å². The molecule has 0 saturated carbocycles. The van der Waals surface area contributed by atoms with Crippen LogP contribution in [0.4, 0.5) is 0 Å². The van der Waals surface area contributed by atoms with Crippen LogP contribution in [0.1, 0.15) is 35.1 Å². The standard InChI is InChI=1S/C21H25NO4/c1-14-4-5-15(2)21(16(14)3)26-18-8-6-17(7-9-18)12-13-22-19(23)10-11-20(24)25/h4-9H,10-13H2,1-3H3,(H,22,23)(H,24,25). The van der Waals surface area contributed by atoms with Gasteiger partial charge >= 0.3 is 5.97 Å². The second-order valence-electron chi connectivity index (χ2n) is 6.39. The highest BCUT2D eigenvalue weighted by atomic mass is 16.5. The molecular formula is C21H25NO4. The molecule has 0 heterocycles. The van der Waals surface area contributed by atoms with E-state index >= 15 is 0 Å². The summed E-state index contributed by atoms with van der Waals surface area (Å²) >= 11 is 0. The number of carbonyl (C=O) groups is 2. The molecule has 0 saturated heterocycles. The maximum Gasteiger partial charge on any atom is 0.303 e. The predicted octanol–water partition coefficient (Wildman–Crippen LogP) is 3.93. The molecule has 0 fully saturated rings. The van der Waals surface area contributed by atoms with Crippen LogP contribution in [0.25, 0.3) is 0 Å². The molecule has 0 aliphatic heterocycles. The lowest BCUT2D eigenvalue weighted by atomic mass is 10.1. The Labute approximate surface area is 154 Å².